The predicted octanol–water partition coefficient (Wildman–Crippen LogP) is 2.80. The first kappa shape index (κ1) is 14.7. The number of imidazole rings is 1. The lowest BCUT2D eigenvalue weighted by Crippen LogP contribution is -2.41. The fraction of sp³-hybridized carbons (Fsp3) is 0.438. The molecule has 20 heavy (non-hydrogen) atoms. The van der Waals surface area contributed by atoms with Gasteiger partial charge in [0.15, 0.2) is 0 Å². The van der Waals surface area contributed by atoms with Gasteiger partial charge in [-0.3, -0.25) is 0 Å². The molecule has 4 heteroatoms. The van der Waals surface area contributed by atoms with Gasteiger partial charge in [-0.1, -0.05) is 26.0 Å². The third-order valence-corrected chi connectivity index (χ3v) is 4.12. The summed E-state index contributed by atoms with van der Waals surface area (Å²) >= 11 is 0. The second-order valence-electron chi connectivity index (χ2n) is 5.83. The normalized spacial score (nSPS) is 13.4. The summed E-state index contributed by atoms with van der Waals surface area (Å²) < 4.78 is 15.0. The summed E-state index contributed by atoms with van der Waals surface area (Å²) in [4.78, 5) is 4.31. The second kappa shape index (κ2) is 5.75. The molecule has 0 aliphatic rings. The molecule has 2 N–H and O–H groups in total. The number of rotatable bonds is 5. The Balaban J connectivity index is 2.05. The van der Waals surface area contributed by atoms with Gasteiger partial charge in [-0.2, -0.15) is 0 Å². The Hall–Kier alpha value is -1.68. The van der Waals surface area contributed by atoms with Crippen molar-refractivity contribution in [2.24, 2.45) is 12.8 Å². The molecule has 3 nitrogen and oxygen atoms in total. The molecule has 0 aliphatic heterocycles. The summed E-state index contributed by atoms with van der Waals surface area (Å²) in [5.41, 5.74) is 7.22. The molecule has 0 saturated heterocycles. The molecule has 0 amide bonds. The van der Waals surface area contributed by atoms with Crippen molar-refractivity contribution in [1.29, 1.82) is 0 Å². The highest BCUT2D eigenvalue weighted by atomic mass is 19.1. The van der Waals surface area contributed by atoms with Gasteiger partial charge in [-0.15, -0.1) is 0 Å². The van der Waals surface area contributed by atoms with E-state index < -0.39 is 0 Å². The second-order valence-corrected chi connectivity index (χ2v) is 5.83. The summed E-state index contributed by atoms with van der Waals surface area (Å²) in [6, 6.07) is 6.60. The van der Waals surface area contributed by atoms with E-state index in [0.29, 0.717) is 0 Å². The van der Waals surface area contributed by atoms with Crippen LogP contribution < -0.4 is 5.73 Å². The third kappa shape index (κ3) is 3.07. The molecule has 0 spiro atoms. The molecular formula is C16H22FN3. The van der Waals surface area contributed by atoms with Crippen molar-refractivity contribution in [3.63, 3.8) is 0 Å². The molecule has 0 bridgehead atoms. The Morgan fingerprint density at radius 3 is 2.50 bits per heavy atom. The average Bonchev–Trinajstić information content (AvgIpc) is 2.82. The van der Waals surface area contributed by atoms with Gasteiger partial charge < -0.3 is 10.3 Å². The zero-order valence-electron chi connectivity index (χ0n) is 12.3. The molecule has 1 unspecified atom stereocenters. The molecule has 1 aromatic carbocycles. The number of hydrogen-bond donors (Lipinski definition) is 1. The monoisotopic (exact) mass is 275 g/mol. The summed E-state index contributed by atoms with van der Waals surface area (Å²) in [5, 5.41) is 0. The summed E-state index contributed by atoms with van der Waals surface area (Å²) in [6.45, 7) is 4.20. The molecule has 0 saturated carbocycles. The van der Waals surface area contributed by atoms with Crippen LogP contribution in [0.4, 0.5) is 4.39 Å². The number of benzene rings is 1. The Morgan fingerprint density at radius 2 is 1.95 bits per heavy atom. The number of aryl methyl sites for hydroxylation is 2. The molecule has 0 radical (unpaired) electrons. The minimum Gasteiger partial charge on any atom is -0.338 e. The van der Waals surface area contributed by atoms with E-state index in [1.165, 1.54) is 12.1 Å². The summed E-state index contributed by atoms with van der Waals surface area (Å²) in [5.74, 6) is 0.821. The van der Waals surface area contributed by atoms with Crippen molar-refractivity contribution in [1.82, 2.24) is 9.55 Å². The molecule has 1 aromatic heterocycles. The minimum atomic E-state index is -0.217. The van der Waals surface area contributed by atoms with Gasteiger partial charge >= 0.3 is 0 Å². The maximum absolute atomic E-state index is 13.0. The maximum atomic E-state index is 13.0. The van der Waals surface area contributed by atoms with E-state index in [4.69, 9.17) is 5.73 Å². The van der Waals surface area contributed by atoms with E-state index in [-0.39, 0.29) is 17.3 Å². The van der Waals surface area contributed by atoms with E-state index >= 15 is 0 Å². The van der Waals surface area contributed by atoms with Crippen molar-refractivity contribution in [2.75, 3.05) is 0 Å². The minimum absolute atomic E-state index is 0.00957. The summed E-state index contributed by atoms with van der Waals surface area (Å²) in [7, 11) is 1.99. The first-order chi connectivity index (χ1) is 9.41. The van der Waals surface area contributed by atoms with E-state index in [2.05, 4.69) is 18.8 Å². The van der Waals surface area contributed by atoms with Crippen LogP contribution in [-0.4, -0.2) is 15.6 Å². The van der Waals surface area contributed by atoms with Crippen LogP contribution in [0, 0.1) is 5.82 Å². The number of nitrogens with zero attached hydrogens (tertiary/aromatic N) is 2. The Labute approximate surface area is 119 Å². The fourth-order valence-electron chi connectivity index (χ4n) is 2.38. The molecule has 2 rings (SSSR count). The van der Waals surface area contributed by atoms with Crippen LogP contribution in [0.25, 0.3) is 0 Å². The van der Waals surface area contributed by atoms with Crippen LogP contribution in [0.5, 0.6) is 0 Å². The van der Waals surface area contributed by atoms with Gasteiger partial charge in [0.25, 0.3) is 0 Å². The van der Waals surface area contributed by atoms with E-state index in [1.807, 2.05) is 29.9 Å². The lowest BCUT2D eigenvalue weighted by atomic mass is 9.76. The van der Waals surface area contributed by atoms with Gasteiger partial charge in [0, 0.05) is 37.3 Å². The quantitative estimate of drug-likeness (QED) is 0.912. The molecule has 2 aromatic rings. The number of halogens is 1. The third-order valence-electron chi connectivity index (χ3n) is 4.12. The van der Waals surface area contributed by atoms with E-state index in [1.54, 1.807) is 6.20 Å². The first-order valence-corrected chi connectivity index (χ1v) is 6.89. The predicted molar refractivity (Wildman–Crippen MR) is 78.9 cm³/mol. The number of nitrogens with two attached hydrogens (primary N) is 1. The van der Waals surface area contributed by atoms with Gasteiger partial charge in [-0.25, -0.2) is 9.37 Å². The SMILES string of the molecule is Cn1ccnc1CCC(N)C(C)(C)c1ccc(F)cc1. The van der Waals surface area contributed by atoms with Crippen molar-refractivity contribution in [3.8, 4) is 0 Å². The number of aromatic nitrogens is 2. The highest BCUT2D eigenvalue weighted by Crippen LogP contribution is 2.28. The Bertz CT molecular complexity index is 557. The van der Waals surface area contributed by atoms with Crippen LogP contribution in [0.2, 0.25) is 0 Å². The van der Waals surface area contributed by atoms with Gasteiger partial charge in [0.1, 0.15) is 11.6 Å². The first-order valence-electron chi connectivity index (χ1n) is 6.89. The van der Waals surface area contributed by atoms with Crippen LogP contribution in [0.15, 0.2) is 36.7 Å². The van der Waals surface area contributed by atoms with Crippen LogP contribution in [0.3, 0.4) is 0 Å². The molecule has 0 fully saturated rings. The highest BCUT2D eigenvalue weighted by molar-refractivity contribution is 5.26. The molecular weight excluding hydrogens is 253 g/mol. The van der Waals surface area contributed by atoms with Crippen molar-refractivity contribution < 1.29 is 4.39 Å². The Kier molecular flexibility index (Phi) is 4.23. The van der Waals surface area contributed by atoms with Crippen molar-refractivity contribution in [2.45, 2.75) is 38.1 Å². The summed E-state index contributed by atoms with van der Waals surface area (Å²) in [6.07, 6.45) is 5.42. The topological polar surface area (TPSA) is 43.8 Å². The fourth-order valence-corrected chi connectivity index (χ4v) is 2.38. The lowest BCUT2D eigenvalue weighted by Gasteiger charge is -2.32. The van der Waals surface area contributed by atoms with E-state index in [9.17, 15) is 4.39 Å². The van der Waals surface area contributed by atoms with Crippen LogP contribution >= 0.6 is 0 Å². The van der Waals surface area contributed by atoms with Gasteiger partial charge in [0.2, 0.25) is 0 Å². The molecule has 0 aliphatic carbocycles. The largest absolute Gasteiger partial charge is 0.338 e. The average molecular weight is 275 g/mol. The Morgan fingerprint density at radius 1 is 1.30 bits per heavy atom. The van der Waals surface area contributed by atoms with E-state index in [0.717, 1.165) is 24.2 Å². The van der Waals surface area contributed by atoms with Gasteiger partial charge in [-0.05, 0) is 24.1 Å². The smallest absolute Gasteiger partial charge is 0.123 e. The van der Waals surface area contributed by atoms with Crippen molar-refractivity contribution >= 4 is 0 Å². The van der Waals surface area contributed by atoms with Crippen LogP contribution in [-0.2, 0) is 18.9 Å². The van der Waals surface area contributed by atoms with Crippen LogP contribution in [0.1, 0.15) is 31.7 Å². The highest BCUT2D eigenvalue weighted by Gasteiger charge is 2.28. The zero-order valence-corrected chi connectivity index (χ0v) is 12.3. The van der Waals surface area contributed by atoms with Gasteiger partial charge in [0.05, 0.1) is 0 Å². The molecule has 1 atom stereocenters. The standard InChI is InChI=1S/C16H22FN3/c1-16(2,12-4-6-13(17)7-5-12)14(18)8-9-15-19-10-11-20(15)3/h4-7,10-11,14H,8-9,18H2,1-3H3. The maximum Gasteiger partial charge on any atom is 0.123 e. The zero-order chi connectivity index (χ0) is 14.8. The lowest BCUT2D eigenvalue weighted by molar-refractivity contribution is 0.385. The number of hydrogen-bond acceptors (Lipinski definition) is 2. The molecule has 1 heterocycles. The van der Waals surface area contributed by atoms with Crippen molar-refractivity contribution in [3.05, 3.63) is 53.9 Å². The molecule has 108 valence electrons.